The molecular weight excluding hydrogens is 254 g/mol. The maximum Gasteiger partial charge on any atom is 0.213 e. The number of rotatable bonds is 6. The van der Waals surface area contributed by atoms with E-state index in [0.29, 0.717) is 11.5 Å². The highest BCUT2D eigenvalue weighted by atomic mass is 32.2. The summed E-state index contributed by atoms with van der Waals surface area (Å²) in [5.74, 6) is 1.24. The number of benzene rings is 1. The SMILES string of the molecule is CCS(=O)(=O)N(C)Cc1cccc(OC)c1OC. The number of hydrogen-bond donors (Lipinski definition) is 0. The second-order valence-electron chi connectivity index (χ2n) is 3.81. The molecule has 5 nitrogen and oxygen atoms in total. The van der Waals surface area contributed by atoms with E-state index in [2.05, 4.69) is 0 Å². The first-order chi connectivity index (χ1) is 8.46. The van der Waals surface area contributed by atoms with Crippen LogP contribution < -0.4 is 9.47 Å². The monoisotopic (exact) mass is 273 g/mol. The van der Waals surface area contributed by atoms with Crippen molar-refractivity contribution < 1.29 is 17.9 Å². The van der Waals surface area contributed by atoms with Gasteiger partial charge in [0.15, 0.2) is 11.5 Å². The molecule has 0 fully saturated rings. The van der Waals surface area contributed by atoms with Crippen LogP contribution in [-0.4, -0.2) is 39.7 Å². The van der Waals surface area contributed by atoms with E-state index in [9.17, 15) is 8.42 Å². The molecule has 0 spiro atoms. The molecular formula is C12H19NO4S. The van der Waals surface area contributed by atoms with Gasteiger partial charge in [-0.3, -0.25) is 0 Å². The number of sulfonamides is 1. The third kappa shape index (κ3) is 3.14. The number of hydrogen-bond acceptors (Lipinski definition) is 4. The van der Waals surface area contributed by atoms with Gasteiger partial charge in [0.1, 0.15) is 0 Å². The van der Waals surface area contributed by atoms with Gasteiger partial charge in [-0.1, -0.05) is 12.1 Å². The van der Waals surface area contributed by atoms with E-state index in [1.165, 1.54) is 11.4 Å². The summed E-state index contributed by atoms with van der Waals surface area (Å²) >= 11 is 0. The van der Waals surface area contributed by atoms with Gasteiger partial charge in [-0.2, -0.15) is 0 Å². The van der Waals surface area contributed by atoms with Gasteiger partial charge in [-0.25, -0.2) is 12.7 Å². The first kappa shape index (κ1) is 14.8. The minimum Gasteiger partial charge on any atom is -0.493 e. The van der Waals surface area contributed by atoms with Gasteiger partial charge in [-0.05, 0) is 13.0 Å². The molecule has 0 amide bonds. The lowest BCUT2D eigenvalue weighted by Gasteiger charge is -2.18. The quantitative estimate of drug-likeness (QED) is 0.788. The molecule has 1 aromatic rings. The third-order valence-electron chi connectivity index (χ3n) is 2.72. The van der Waals surface area contributed by atoms with Crippen molar-refractivity contribution in [1.82, 2.24) is 4.31 Å². The van der Waals surface area contributed by atoms with E-state index in [1.807, 2.05) is 12.1 Å². The van der Waals surface area contributed by atoms with Gasteiger partial charge in [0.25, 0.3) is 0 Å². The van der Waals surface area contributed by atoms with Crippen molar-refractivity contribution in [2.45, 2.75) is 13.5 Å². The fraction of sp³-hybridized carbons (Fsp3) is 0.500. The van der Waals surface area contributed by atoms with Gasteiger partial charge in [-0.15, -0.1) is 0 Å². The van der Waals surface area contributed by atoms with E-state index in [1.54, 1.807) is 27.1 Å². The fourth-order valence-corrected chi connectivity index (χ4v) is 2.41. The summed E-state index contributed by atoms with van der Waals surface area (Å²) in [6.45, 7) is 1.88. The van der Waals surface area contributed by atoms with Gasteiger partial charge in [0, 0.05) is 19.2 Å². The van der Waals surface area contributed by atoms with Crippen LogP contribution in [-0.2, 0) is 16.6 Å². The number of para-hydroxylation sites is 1. The van der Waals surface area contributed by atoms with Gasteiger partial charge in [0.05, 0.1) is 20.0 Å². The Morgan fingerprint density at radius 3 is 2.39 bits per heavy atom. The summed E-state index contributed by atoms with van der Waals surface area (Å²) in [7, 11) is 1.44. The Morgan fingerprint density at radius 2 is 1.89 bits per heavy atom. The molecule has 1 aromatic carbocycles. The molecule has 0 saturated heterocycles. The number of ether oxygens (including phenoxy) is 2. The highest BCUT2D eigenvalue weighted by Crippen LogP contribution is 2.31. The van der Waals surface area contributed by atoms with E-state index >= 15 is 0 Å². The standard InChI is InChI=1S/C12H19NO4S/c1-5-18(14,15)13(2)9-10-7-6-8-11(16-3)12(10)17-4/h6-8H,5,9H2,1-4H3. The van der Waals surface area contributed by atoms with Crippen molar-refractivity contribution in [3.8, 4) is 11.5 Å². The second kappa shape index (κ2) is 6.06. The summed E-state index contributed by atoms with van der Waals surface area (Å²) in [5.41, 5.74) is 0.774. The van der Waals surface area contributed by atoms with Crippen molar-refractivity contribution in [3.63, 3.8) is 0 Å². The Bertz CT molecular complexity index is 499. The average molecular weight is 273 g/mol. The highest BCUT2D eigenvalue weighted by molar-refractivity contribution is 7.89. The fourth-order valence-electron chi connectivity index (χ4n) is 1.64. The minimum atomic E-state index is -3.20. The molecule has 1 rings (SSSR count). The van der Waals surface area contributed by atoms with Gasteiger partial charge in [0.2, 0.25) is 10.0 Å². The molecule has 0 aliphatic rings. The molecule has 0 aliphatic heterocycles. The topological polar surface area (TPSA) is 55.8 Å². The maximum absolute atomic E-state index is 11.7. The molecule has 18 heavy (non-hydrogen) atoms. The largest absolute Gasteiger partial charge is 0.493 e. The van der Waals surface area contributed by atoms with Crippen LogP contribution in [0.2, 0.25) is 0 Å². The van der Waals surface area contributed by atoms with Crippen LogP contribution in [0, 0.1) is 0 Å². The van der Waals surface area contributed by atoms with E-state index in [0.717, 1.165) is 5.56 Å². The Labute approximate surface area is 108 Å². The maximum atomic E-state index is 11.7. The summed E-state index contributed by atoms with van der Waals surface area (Å²) in [6, 6.07) is 5.41. The molecule has 6 heteroatoms. The Morgan fingerprint density at radius 1 is 1.22 bits per heavy atom. The van der Waals surface area contributed by atoms with Gasteiger partial charge >= 0.3 is 0 Å². The molecule has 0 radical (unpaired) electrons. The van der Waals surface area contributed by atoms with E-state index in [4.69, 9.17) is 9.47 Å². The number of methoxy groups -OCH3 is 2. The molecule has 102 valence electrons. The lowest BCUT2D eigenvalue weighted by Crippen LogP contribution is -2.28. The van der Waals surface area contributed by atoms with Crippen molar-refractivity contribution in [2.75, 3.05) is 27.0 Å². The van der Waals surface area contributed by atoms with Crippen molar-refractivity contribution in [2.24, 2.45) is 0 Å². The van der Waals surface area contributed by atoms with Crippen LogP contribution in [0.5, 0.6) is 11.5 Å². The highest BCUT2D eigenvalue weighted by Gasteiger charge is 2.18. The van der Waals surface area contributed by atoms with Crippen molar-refractivity contribution >= 4 is 10.0 Å². The summed E-state index contributed by atoms with van der Waals surface area (Å²) in [6.07, 6.45) is 0. The van der Waals surface area contributed by atoms with Crippen molar-refractivity contribution in [3.05, 3.63) is 23.8 Å². The summed E-state index contributed by atoms with van der Waals surface area (Å²) < 4.78 is 35.2. The third-order valence-corrected chi connectivity index (χ3v) is 4.53. The zero-order chi connectivity index (χ0) is 13.8. The van der Waals surface area contributed by atoms with Crippen LogP contribution in [0.1, 0.15) is 12.5 Å². The predicted molar refractivity (Wildman–Crippen MR) is 70.5 cm³/mol. The molecule has 0 saturated carbocycles. The molecule has 0 N–H and O–H groups in total. The normalized spacial score (nSPS) is 11.6. The van der Waals surface area contributed by atoms with Crippen LogP contribution in [0.4, 0.5) is 0 Å². The zero-order valence-corrected chi connectivity index (χ0v) is 12.0. The van der Waals surface area contributed by atoms with Crippen LogP contribution in [0.3, 0.4) is 0 Å². The molecule has 0 bridgehead atoms. The van der Waals surface area contributed by atoms with E-state index < -0.39 is 10.0 Å². The molecule has 0 heterocycles. The average Bonchev–Trinajstić information content (AvgIpc) is 2.38. The second-order valence-corrected chi connectivity index (χ2v) is 6.17. The van der Waals surface area contributed by atoms with Crippen molar-refractivity contribution in [1.29, 1.82) is 0 Å². The van der Waals surface area contributed by atoms with Crippen LogP contribution >= 0.6 is 0 Å². The Kier molecular flexibility index (Phi) is 4.98. The molecule has 0 aromatic heterocycles. The number of nitrogens with zero attached hydrogens (tertiary/aromatic N) is 1. The lowest BCUT2D eigenvalue weighted by molar-refractivity contribution is 0.347. The minimum absolute atomic E-state index is 0.0792. The molecule has 0 aliphatic carbocycles. The van der Waals surface area contributed by atoms with E-state index in [-0.39, 0.29) is 12.3 Å². The first-order valence-electron chi connectivity index (χ1n) is 5.60. The Hall–Kier alpha value is -1.27. The predicted octanol–water partition coefficient (Wildman–Crippen LogP) is 1.49. The summed E-state index contributed by atoms with van der Waals surface area (Å²) in [4.78, 5) is 0. The molecule has 0 atom stereocenters. The smallest absolute Gasteiger partial charge is 0.213 e. The molecule has 0 unspecified atom stereocenters. The first-order valence-corrected chi connectivity index (χ1v) is 7.21. The van der Waals surface area contributed by atoms with Gasteiger partial charge < -0.3 is 9.47 Å². The zero-order valence-electron chi connectivity index (χ0n) is 11.1. The Balaban J connectivity index is 3.05. The lowest BCUT2D eigenvalue weighted by atomic mass is 10.2. The van der Waals surface area contributed by atoms with Crippen LogP contribution in [0.15, 0.2) is 18.2 Å². The summed E-state index contributed by atoms with van der Waals surface area (Å²) in [5, 5.41) is 0. The van der Waals surface area contributed by atoms with Crippen LogP contribution in [0.25, 0.3) is 0 Å².